The number of piperidine rings is 1. The van der Waals surface area contributed by atoms with Gasteiger partial charge in [-0.3, -0.25) is 4.68 Å². The Morgan fingerprint density at radius 1 is 1.39 bits per heavy atom. The van der Waals surface area contributed by atoms with Crippen molar-refractivity contribution in [1.82, 2.24) is 15.1 Å². The van der Waals surface area contributed by atoms with Crippen LogP contribution >= 0.6 is 11.6 Å². The molecule has 2 saturated heterocycles. The van der Waals surface area contributed by atoms with E-state index >= 15 is 0 Å². The van der Waals surface area contributed by atoms with E-state index in [1.165, 1.54) is 31.3 Å². The summed E-state index contributed by atoms with van der Waals surface area (Å²) in [6.45, 7) is 2.09. The second-order valence-electron chi connectivity index (χ2n) is 5.47. The van der Waals surface area contributed by atoms with Gasteiger partial charge in [0, 0.05) is 19.1 Å². The molecule has 0 radical (unpaired) electrons. The molecule has 1 aromatic rings. The molecule has 2 unspecified atom stereocenters. The van der Waals surface area contributed by atoms with Crippen LogP contribution in [0.5, 0.6) is 0 Å². The maximum absolute atomic E-state index is 6.39. The van der Waals surface area contributed by atoms with E-state index in [0.717, 1.165) is 22.8 Å². The maximum atomic E-state index is 6.39. The van der Waals surface area contributed by atoms with Gasteiger partial charge in [-0.1, -0.05) is 24.1 Å². The summed E-state index contributed by atoms with van der Waals surface area (Å²) in [6, 6.07) is 1.38. The van der Waals surface area contributed by atoms with E-state index < -0.39 is 0 Å². The Balaban J connectivity index is 1.89. The zero-order valence-corrected chi connectivity index (χ0v) is 11.8. The molecule has 2 atom stereocenters. The standard InChI is InChI=1S/C14H20ClN3/c1-3-12-14(15)13(18(2)17-12)8-9-6-10-4-5-11(7-9)16-10/h8,10-11,16H,3-7H2,1-2H3. The highest BCUT2D eigenvalue weighted by atomic mass is 35.5. The molecule has 0 spiro atoms. The second-order valence-corrected chi connectivity index (χ2v) is 5.85. The highest BCUT2D eigenvalue weighted by Gasteiger charge is 2.30. The smallest absolute Gasteiger partial charge is 0.0891 e. The van der Waals surface area contributed by atoms with E-state index in [-0.39, 0.29) is 0 Å². The van der Waals surface area contributed by atoms with Crippen molar-refractivity contribution in [2.45, 2.75) is 51.1 Å². The van der Waals surface area contributed by atoms with E-state index in [1.807, 2.05) is 11.7 Å². The first-order valence-corrected chi connectivity index (χ1v) is 7.22. The maximum Gasteiger partial charge on any atom is 0.0891 e. The third-order valence-corrected chi connectivity index (χ3v) is 4.54. The SMILES string of the molecule is CCc1nn(C)c(C=C2CC3CCC(C2)N3)c1Cl. The van der Waals surface area contributed by atoms with E-state index in [0.29, 0.717) is 12.1 Å². The average Bonchev–Trinajstić information content (AvgIpc) is 2.83. The van der Waals surface area contributed by atoms with Crippen LogP contribution in [0.4, 0.5) is 0 Å². The number of aryl methyl sites for hydroxylation is 2. The molecule has 1 N–H and O–H groups in total. The van der Waals surface area contributed by atoms with Crippen LogP contribution in [-0.2, 0) is 13.5 Å². The van der Waals surface area contributed by atoms with Gasteiger partial charge in [-0.15, -0.1) is 0 Å². The molecule has 18 heavy (non-hydrogen) atoms. The lowest BCUT2D eigenvalue weighted by molar-refractivity contribution is 0.476. The quantitative estimate of drug-likeness (QED) is 0.891. The fraction of sp³-hybridized carbons (Fsp3) is 0.643. The number of aromatic nitrogens is 2. The molecule has 0 amide bonds. The molecular formula is C14H20ClN3. The molecule has 0 aromatic carbocycles. The topological polar surface area (TPSA) is 29.9 Å². The third kappa shape index (κ3) is 2.10. The summed E-state index contributed by atoms with van der Waals surface area (Å²) in [5.41, 5.74) is 3.60. The predicted molar refractivity (Wildman–Crippen MR) is 74.8 cm³/mol. The molecule has 1 aromatic heterocycles. The first kappa shape index (κ1) is 12.2. The Labute approximate surface area is 113 Å². The van der Waals surface area contributed by atoms with E-state index in [1.54, 1.807) is 0 Å². The van der Waals surface area contributed by atoms with Crippen LogP contribution in [0.3, 0.4) is 0 Å². The Morgan fingerprint density at radius 2 is 2.06 bits per heavy atom. The second kappa shape index (κ2) is 4.71. The summed E-state index contributed by atoms with van der Waals surface area (Å²) < 4.78 is 1.91. The van der Waals surface area contributed by atoms with Crippen LogP contribution in [0.25, 0.3) is 6.08 Å². The fourth-order valence-corrected chi connectivity index (χ4v) is 3.55. The molecule has 2 aliphatic rings. The van der Waals surface area contributed by atoms with Gasteiger partial charge in [-0.25, -0.2) is 0 Å². The minimum Gasteiger partial charge on any atom is -0.311 e. The van der Waals surface area contributed by atoms with Crippen molar-refractivity contribution in [1.29, 1.82) is 0 Å². The lowest BCUT2D eigenvalue weighted by atomic mass is 9.98. The van der Waals surface area contributed by atoms with Crippen LogP contribution in [-0.4, -0.2) is 21.9 Å². The van der Waals surface area contributed by atoms with E-state index in [4.69, 9.17) is 11.6 Å². The number of rotatable bonds is 2. The van der Waals surface area contributed by atoms with Crippen molar-refractivity contribution < 1.29 is 0 Å². The number of fused-ring (bicyclic) bond motifs is 2. The van der Waals surface area contributed by atoms with Crippen molar-refractivity contribution in [3.8, 4) is 0 Å². The van der Waals surface area contributed by atoms with Crippen molar-refractivity contribution in [2.75, 3.05) is 0 Å². The molecule has 3 rings (SSSR count). The summed E-state index contributed by atoms with van der Waals surface area (Å²) in [4.78, 5) is 0. The average molecular weight is 266 g/mol. The highest BCUT2D eigenvalue weighted by Crippen LogP contribution is 2.33. The summed E-state index contributed by atoms with van der Waals surface area (Å²) >= 11 is 6.39. The normalized spacial score (nSPS) is 26.7. The Morgan fingerprint density at radius 3 is 2.61 bits per heavy atom. The number of nitrogens with zero attached hydrogens (tertiary/aromatic N) is 2. The van der Waals surface area contributed by atoms with Crippen molar-refractivity contribution in [3.05, 3.63) is 22.0 Å². The third-order valence-electron chi connectivity index (χ3n) is 4.13. The molecule has 0 aliphatic carbocycles. The molecule has 2 bridgehead atoms. The molecule has 0 saturated carbocycles. The Bertz CT molecular complexity index is 475. The van der Waals surface area contributed by atoms with Gasteiger partial charge in [0.25, 0.3) is 0 Å². The highest BCUT2D eigenvalue weighted by molar-refractivity contribution is 6.32. The molecule has 2 fully saturated rings. The minimum atomic E-state index is 0.688. The predicted octanol–water partition coefficient (Wildman–Crippen LogP) is 2.93. The van der Waals surface area contributed by atoms with Crippen LogP contribution in [0.15, 0.2) is 5.57 Å². The van der Waals surface area contributed by atoms with Crippen LogP contribution in [0.2, 0.25) is 5.02 Å². The molecular weight excluding hydrogens is 246 g/mol. The summed E-state index contributed by atoms with van der Waals surface area (Å²) in [5.74, 6) is 0. The molecule has 98 valence electrons. The molecule has 3 heterocycles. The lowest BCUT2D eigenvalue weighted by Gasteiger charge is -2.23. The van der Waals surface area contributed by atoms with Gasteiger partial charge in [0.2, 0.25) is 0 Å². The van der Waals surface area contributed by atoms with Crippen molar-refractivity contribution in [2.24, 2.45) is 7.05 Å². The van der Waals surface area contributed by atoms with Gasteiger partial charge in [0.1, 0.15) is 0 Å². The van der Waals surface area contributed by atoms with Crippen molar-refractivity contribution in [3.63, 3.8) is 0 Å². The van der Waals surface area contributed by atoms with Gasteiger partial charge in [-0.2, -0.15) is 5.10 Å². The Kier molecular flexibility index (Phi) is 3.20. The van der Waals surface area contributed by atoms with E-state index in [9.17, 15) is 0 Å². The van der Waals surface area contributed by atoms with Gasteiger partial charge >= 0.3 is 0 Å². The van der Waals surface area contributed by atoms with Gasteiger partial charge < -0.3 is 5.32 Å². The first-order chi connectivity index (χ1) is 8.67. The lowest BCUT2D eigenvalue weighted by Crippen LogP contribution is -2.34. The number of halogens is 1. The van der Waals surface area contributed by atoms with Crippen LogP contribution in [0, 0.1) is 0 Å². The largest absolute Gasteiger partial charge is 0.311 e. The molecule has 2 aliphatic heterocycles. The Hall–Kier alpha value is -0.800. The van der Waals surface area contributed by atoms with Crippen LogP contribution < -0.4 is 5.32 Å². The van der Waals surface area contributed by atoms with Gasteiger partial charge in [0.15, 0.2) is 0 Å². The van der Waals surface area contributed by atoms with E-state index in [2.05, 4.69) is 23.4 Å². The first-order valence-electron chi connectivity index (χ1n) is 6.84. The summed E-state index contributed by atoms with van der Waals surface area (Å²) in [5, 5.41) is 8.96. The van der Waals surface area contributed by atoms with Gasteiger partial charge in [0.05, 0.1) is 16.4 Å². The number of hydrogen-bond acceptors (Lipinski definition) is 2. The van der Waals surface area contributed by atoms with Gasteiger partial charge in [-0.05, 0) is 38.2 Å². The summed E-state index contributed by atoms with van der Waals surface area (Å²) in [7, 11) is 1.98. The number of nitrogens with one attached hydrogen (secondary N) is 1. The monoisotopic (exact) mass is 265 g/mol. The molecule has 3 nitrogen and oxygen atoms in total. The van der Waals surface area contributed by atoms with Crippen molar-refractivity contribution >= 4 is 17.7 Å². The minimum absolute atomic E-state index is 0.688. The summed E-state index contributed by atoms with van der Waals surface area (Å²) in [6.07, 6.45) is 8.13. The number of hydrogen-bond donors (Lipinski definition) is 1. The zero-order chi connectivity index (χ0) is 12.7. The van der Waals surface area contributed by atoms with Crippen LogP contribution in [0.1, 0.15) is 44.0 Å². The zero-order valence-electron chi connectivity index (χ0n) is 11.0. The fourth-order valence-electron chi connectivity index (χ4n) is 3.20. The molecule has 4 heteroatoms.